The Hall–Kier alpha value is -3.46. The van der Waals surface area contributed by atoms with Gasteiger partial charge in [-0.25, -0.2) is 0 Å². The number of para-hydroxylation sites is 1. The highest BCUT2D eigenvalue weighted by Crippen LogP contribution is 2.16. The van der Waals surface area contributed by atoms with Gasteiger partial charge in [-0.15, -0.1) is 0 Å². The number of fused-ring (bicyclic) bond motifs is 1. The number of amides is 2. The van der Waals surface area contributed by atoms with Crippen LogP contribution in [0.25, 0.3) is 10.9 Å². The molecule has 1 aliphatic rings. The van der Waals surface area contributed by atoms with Crippen LogP contribution in [0.4, 0.5) is 5.69 Å². The van der Waals surface area contributed by atoms with Crippen LogP contribution in [0.2, 0.25) is 0 Å². The van der Waals surface area contributed by atoms with Crippen molar-refractivity contribution in [3.05, 3.63) is 69.2 Å². The summed E-state index contributed by atoms with van der Waals surface area (Å²) in [5, 5.41) is 3.20. The zero-order valence-corrected chi connectivity index (χ0v) is 17.7. The molecule has 0 saturated carbocycles. The minimum absolute atomic E-state index is 0.0298. The standard InChI is InChI=1S/C22H23N5O3S/c28-19(27-12-10-26(11-13-27)16-4-2-1-3-5-16)8-9-23-20(29)15-6-7-17-18(14-15)24-22(31)25-21(17)30/h1-7,14H,8-13H2,(H,23,29)(H2,24,25,30,31). The van der Waals surface area contributed by atoms with Crippen molar-refractivity contribution in [2.75, 3.05) is 37.6 Å². The molecule has 1 saturated heterocycles. The first-order chi connectivity index (χ1) is 15.0. The van der Waals surface area contributed by atoms with Crippen molar-refractivity contribution in [2.45, 2.75) is 6.42 Å². The maximum absolute atomic E-state index is 12.5. The lowest BCUT2D eigenvalue weighted by atomic mass is 10.1. The zero-order valence-electron chi connectivity index (χ0n) is 16.9. The van der Waals surface area contributed by atoms with E-state index < -0.39 is 0 Å². The summed E-state index contributed by atoms with van der Waals surface area (Å²) in [5.41, 5.74) is 1.75. The maximum atomic E-state index is 12.5. The van der Waals surface area contributed by atoms with E-state index in [2.05, 4.69) is 32.3 Å². The van der Waals surface area contributed by atoms with Crippen LogP contribution in [0.5, 0.6) is 0 Å². The number of nitrogens with one attached hydrogen (secondary N) is 3. The predicted molar refractivity (Wildman–Crippen MR) is 122 cm³/mol. The summed E-state index contributed by atoms with van der Waals surface area (Å²) in [7, 11) is 0. The molecule has 9 heteroatoms. The summed E-state index contributed by atoms with van der Waals surface area (Å²) in [4.78, 5) is 46.3. The number of aromatic amines is 2. The fourth-order valence-electron chi connectivity index (χ4n) is 3.71. The summed E-state index contributed by atoms with van der Waals surface area (Å²) in [6.45, 7) is 3.17. The van der Waals surface area contributed by atoms with Gasteiger partial charge in [-0.1, -0.05) is 18.2 Å². The Balaban J connectivity index is 1.28. The molecule has 2 amide bonds. The molecule has 2 aromatic carbocycles. The first kappa shape index (κ1) is 20.8. The van der Waals surface area contributed by atoms with E-state index in [4.69, 9.17) is 12.2 Å². The number of rotatable bonds is 5. The van der Waals surface area contributed by atoms with Gasteiger partial charge in [0.2, 0.25) is 5.91 Å². The number of H-pyrrole nitrogens is 2. The number of anilines is 1. The Labute approximate surface area is 183 Å². The zero-order chi connectivity index (χ0) is 21.8. The molecule has 0 unspecified atom stereocenters. The monoisotopic (exact) mass is 437 g/mol. The lowest BCUT2D eigenvalue weighted by molar-refractivity contribution is -0.131. The van der Waals surface area contributed by atoms with Gasteiger partial charge in [0, 0.05) is 50.4 Å². The lowest BCUT2D eigenvalue weighted by Crippen LogP contribution is -2.49. The van der Waals surface area contributed by atoms with Crippen molar-refractivity contribution in [1.82, 2.24) is 20.2 Å². The Bertz CT molecular complexity index is 1210. The summed E-state index contributed by atoms with van der Waals surface area (Å²) in [5.74, 6) is -0.273. The normalized spacial score (nSPS) is 13.9. The second-order valence-corrected chi connectivity index (χ2v) is 7.79. The third kappa shape index (κ3) is 4.83. The molecule has 4 rings (SSSR count). The van der Waals surface area contributed by atoms with Gasteiger partial charge in [-0.05, 0) is 42.5 Å². The van der Waals surface area contributed by atoms with Gasteiger partial charge < -0.3 is 20.1 Å². The molecule has 31 heavy (non-hydrogen) atoms. The molecule has 8 nitrogen and oxygen atoms in total. The molecule has 160 valence electrons. The van der Waals surface area contributed by atoms with Crippen molar-refractivity contribution < 1.29 is 9.59 Å². The average molecular weight is 438 g/mol. The molecule has 3 N–H and O–H groups in total. The van der Waals surface area contributed by atoms with Crippen LogP contribution in [-0.2, 0) is 4.79 Å². The fraction of sp³-hybridized carbons (Fsp3) is 0.273. The molecular weight excluding hydrogens is 414 g/mol. The van der Waals surface area contributed by atoms with Crippen LogP contribution < -0.4 is 15.8 Å². The van der Waals surface area contributed by atoms with E-state index >= 15 is 0 Å². The molecule has 0 spiro atoms. The molecule has 1 fully saturated rings. The van der Waals surface area contributed by atoms with Crippen molar-refractivity contribution in [3.63, 3.8) is 0 Å². The number of piperazine rings is 1. The largest absolute Gasteiger partial charge is 0.368 e. The van der Waals surface area contributed by atoms with Crippen LogP contribution in [0.3, 0.4) is 0 Å². The Morgan fingerprint density at radius 3 is 2.48 bits per heavy atom. The summed E-state index contributed by atoms with van der Waals surface area (Å²) in [6, 6.07) is 14.9. The number of carbonyl (C=O) groups is 2. The predicted octanol–water partition coefficient (Wildman–Crippen LogP) is 2.05. The first-order valence-electron chi connectivity index (χ1n) is 10.1. The molecule has 0 radical (unpaired) electrons. The quantitative estimate of drug-likeness (QED) is 0.531. The molecule has 3 aromatic rings. The van der Waals surface area contributed by atoms with Gasteiger partial charge in [0.05, 0.1) is 10.9 Å². The number of nitrogens with zero attached hydrogens (tertiary/aromatic N) is 2. The third-order valence-corrected chi connectivity index (χ3v) is 5.58. The van der Waals surface area contributed by atoms with E-state index in [0.29, 0.717) is 29.6 Å². The molecule has 2 heterocycles. The Morgan fingerprint density at radius 2 is 1.74 bits per heavy atom. The number of hydrogen-bond donors (Lipinski definition) is 3. The molecule has 0 bridgehead atoms. The highest BCUT2D eigenvalue weighted by Gasteiger charge is 2.21. The average Bonchev–Trinajstić information content (AvgIpc) is 2.79. The Kier molecular flexibility index (Phi) is 6.13. The van der Waals surface area contributed by atoms with Crippen LogP contribution in [0, 0.1) is 4.77 Å². The van der Waals surface area contributed by atoms with Crippen LogP contribution >= 0.6 is 12.2 Å². The molecule has 1 aliphatic heterocycles. The van der Waals surface area contributed by atoms with E-state index in [0.717, 1.165) is 13.1 Å². The minimum Gasteiger partial charge on any atom is -0.368 e. The fourth-order valence-corrected chi connectivity index (χ4v) is 3.91. The summed E-state index contributed by atoms with van der Waals surface area (Å²) in [6.07, 6.45) is 0.243. The van der Waals surface area contributed by atoms with Crippen molar-refractivity contribution in [3.8, 4) is 0 Å². The van der Waals surface area contributed by atoms with Crippen molar-refractivity contribution in [2.24, 2.45) is 0 Å². The van der Waals surface area contributed by atoms with Gasteiger partial charge in [0.1, 0.15) is 0 Å². The first-order valence-corrected chi connectivity index (χ1v) is 10.5. The highest BCUT2D eigenvalue weighted by atomic mass is 32.1. The van der Waals surface area contributed by atoms with Crippen molar-refractivity contribution in [1.29, 1.82) is 0 Å². The number of carbonyl (C=O) groups excluding carboxylic acids is 2. The molecule has 0 aliphatic carbocycles. The SMILES string of the molecule is O=C(NCCC(=O)N1CCN(c2ccccc2)CC1)c1ccc2c(=O)[nH]c(=S)[nH]c2c1. The topological polar surface area (TPSA) is 101 Å². The van der Waals surface area contributed by atoms with Crippen LogP contribution in [0.1, 0.15) is 16.8 Å². The van der Waals surface area contributed by atoms with Gasteiger partial charge in [-0.3, -0.25) is 19.4 Å². The third-order valence-electron chi connectivity index (χ3n) is 5.38. The van der Waals surface area contributed by atoms with Crippen LogP contribution in [-0.4, -0.2) is 59.4 Å². The molecular formula is C22H23N5O3S. The van der Waals surface area contributed by atoms with Crippen LogP contribution in [0.15, 0.2) is 53.3 Å². The minimum atomic E-state index is -0.303. The number of aromatic nitrogens is 2. The smallest absolute Gasteiger partial charge is 0.259 e. The summed E-state index contributed by atoms with van der Waals surface area (Å²) < 4.78 is 0.202. The second kappa shape index (κ2) is 9.13. The van der Waals surface area contributed by atoms with E-state index in [1.54, 1.807) is 18.2 Å². The Morgan fingerprint density at radius 1 is 1.00 bits per heavy atom. The molecule has 1 aromatic heterocycles. The van der Waals surface area contributed by atoms with Crippen molar-refractivity contribution >= 4 is 40.6 Å². The molecule has 0 atom stereocenters. The number of hydrogen-bond acceptors (Lipinski definition) is 5. The van der Waals surface area contributed by atoms with E-state index in [9.17, 15) is 14.4 Å². The van der Waals surface area contributed by atoms with E-state index in [1.165, 1.54) is 5.69 Å². The van der Waals surface area contributed by atoms with Gasteiger partial charge in [-0.2, -0.15) is 0 Å². The lowest BCUT2D eigenvalue weighted by Gasteiger charge is -2.36. The number of benzene rings is 2. The second-order valence-electron chi connectivity index (χ2n) is 7.38. The van der Waals surface area contributed by atoms with Gasteiger partial charge >= 0.3 is 0 Å². The summed E-state index contributed by atoms with van der Waals surface area (Å²) >= 11 is 4.97. The van der Waals surface area contributed by atoms with E-state index in [1.807, 2.05) is 23.1 Å². The van der Waals surface area contributed by atoms with Gasteiger partial charge in [0.15, 0.2) is 4.77 Å². The van der Waals surface area contributed by atoms with E-state index in [-0.39, 0.29) is 35.1 Å². The maximum Gasteiger partial charge on any atom is 0.259 e. The van der Waals surface area contributed by atoms with Gasteiger partial charge in [0.25, 0.3) is 11.5 Å². The highest BCUT2D eigenvalue weighted by molar-refractivity contribution is 7.71.